The number of pyridine rings is 1. The van der Waals surface area contributed by atoms with E-state index in [1.54, 1.807) is 0 Å². The zero-order valence-electron chi connectivity index (χ0n) is 16.3. The van der Waals surface area contributed by atoms with E-state index < -0.39 is 0 Å². The van der Waals surface area contributed by atoms with Crippen LogP contribution in [-0.4, -0.2) is 4.98 Å². The summed E-state index contributed by atoms with van der Waals surface area (Å²) in [6.45, 7) is 2.13. The summed E-state index contributed by atoms with van der Waals surface area (Å²) in [5.74, 6) is 0. The van der Waals surface area contributed by atoms with Crippen LogP contribution in [0.5, 0.6) is 0 Å². The van der Waals surface area contributed by atoms with Gasteiger partial charge in [0.1, 0.15) is 0 Å². The Morgan fingerprint density at radius 2 is 1.21 bits per heavy atom. The smallest absolute Gasteiger partial charge is 0.0721 e. The Hall–Kier alpha value is -3.71. The van der Waals surface area contributed by atoms with Crippen molar-refractivity contribution in [3.05, 3.63) is 115 Å². The van der Waals surface area contributed by atoms with E-state index in [1.165, 1.54) is 27.5 Å². The van der Waals surface area contributed by atoms with Gasteiger partial charge in [-0.15, -0.1) is 0 Å². The van der Waals surface area contributed by atoms with Crippen molar-refractivity contribution < 1.29 is 0 Å². The topological polar surface area (TPSA) is 12.9 Å². The molecule has 0 aliphatic carbocycles. The van der Waals surface area contributed by atoms with Crippen LogP contribution in [0.2, 0.25) is 0 Å². The highest BCUT2D eigenvalue weighted by Crippen LogP contribution is 2.33. The molecule has 0 radical (unpaired) electrons. The van der Waals surface area contributed by atoms with Crippen LogP contribution in [0.3, 0.4) is 0 Å². The van der Waals surface area contributed by atoms with Crippen LogP contribution in [-0.2, 0) is 0 Å². The van der Waals surface area contributed by atoms with Gasteiger partial charge in [0.25, 0.3) is 0 Å². The molecule has 0 saturated heterocycles. The molecule has 1 aromatic heterocycles. The second kappa shape index (κ2) is 7.37. The van der Waals surface area contributed by atoms with E-state index in [0.29, 0.717) is 0 Å². The summed E-state index contributed by atoms with van der Waals surface area (Å²) >= 11 is 0. The predicted molar refractivity (Wildman–Crippen MR) is 123 cm³/mol. The van der Waals surface area contributed by atoms with Gasteiger partial charge in [0.15, 0.2) is 0 Å². The summed E-state index contributed by atoms with van der Waals surface area (Å²) in [5, 5.41) is 2.46. The molecule has 0 amide bonds. The molecule has 1 nitrogen and oxygen atoms in total. The van der Waals surface area contributed by atoms with Crippen LogP contribution in [0.4, 0.5) is 0 Å². The van der Waals surface area contributed by atoms with E-state index in [2.05, 4.69) is 110 Å². The second-order valence-electron chi connectivity index (χ2n) is 7.39. The summed E-state index contributed by atoms with van der Waals surface area (Å²) in [6, 6.07) is 38.4. The third-order valence-electron chi connectivity index (χ3n) is 5.31. The lowest BCUT2D eigenvalue weighted by Crippen LogP contribution is -1.92. The summed E-state index contributed by atoms with van der Waals surface area (Å²) in [6.07, 6.45) is 0. The fourth-order valence-corrected chi connectivity index (χ4v) is 3.87. The van der Waals surface area contributed by atoms with Crippen molar-refractivity contribution in [3.8, 4) is 33.6 Å². The molecule has 5 aromatic rings. The van der Waals surface area contributed by atoms with Gasteiger partial charge >= 0.3 is 0 Å². The van der Waals surface area contributed by atoms with Crippen LogP contribution >= 0.6 is 0 Å². The minimum atomic E-state index is 0.993. The van der Waals surface area contributed by atoms with Gasteiger partial charge in [-0.25, -0.2) is 4.98 Å². The first-order valence-corrected chi connectivity index (χ1v) is 9.91. The first-order valence-electron chi connectivity index (χ1n) is 9.91. The zero-order valence-corrected chi connectivity index (χ0v) is 16.3. The number of aromatic nitrogens is 1. The van der Waals surface area contributed by atoms with Crippen molar-refractivity contribution in [1.82, 2.24) is 4.98 Å². The molecule has 1 heteroatoms. The lowest BCUT2D eigenvalue weighted by atomic mass is 9.96. The maximum atomic E-state index is 5.07. The molecular formula is C28H21N. The molecule has 0 aliphatic rings. The molecule has 138 valence electrons. The largest absolute Gasteiger partial charge is 0.248 e. The average molecular weight is 371 g/mol. The molecule has 0 fully saturated rings. The normalized spacial score (nSPS) is 10.9. The van der Waals surface area contributed by atoms with E-state index in [-0.39, 0.29) is 0 Å². The van der Waals surface area contributed by atoms with Crippen molar-refractivity contribution in [2.45, 2.75) is 6.92 Å². The standard InChI is InChI=1S/C28H21N/c1-20-9-7-14-23(17-20)24-18-27(22-11-3-2-4-12-22)29-28(19-24)26-16-8-13-21-10-5-6-15-25(21)26/h2-19H,1H3. The van der Waals surface area contributed by atoms with Crippen LogP contribution in [0.25, 0.3) is 44.4 Å². The van der Waals surface area contributed by atoms with E-state index in [4.69, 9.17) is 4.98 Å². The second-order valence-corrected chi connectivity index (χ2v) is 7.39. The van der Waals surface area contributed by atoms with E-state index in [0.717, 1.165) is 22.5 Å². The Morgan fingerprint density at radius 3 is 2.07 bits per heavy atom. The average Bonchev–Trinajstić information content (AvgIpc) is 2.79. The van der Waals surface area contributed by atoms with Gasteiger partial charge in [-0.2, -0.15) is 0 Å². The van der Waals surface area contributed by atoms with Crippen molar-refractivity contribution in [2.75, 3.05) is 0 Å². The number of hydrogen-bond acceptors (Lipinski definition) is 1. The van der Waals surface area contributed by atoms with E-state index in [9.17, 15) is 0 Å². The molecule has 1 heterocycles. The molecule has 0 atom stereocenters. The third-order valence-corrected chi connectivity index (χ3v) is 5.31. The highest BCUT2D eigenvalue weighted by molar-refractivity contribution is 5.96. The molecule has 0 unspecified atom stereocenters. The lowest BCUT2D eigenvalue weighted by molar-refractivity contribution is 1.33. The lowest BCUT2D eigenvalue weighted by Gasteiger charge is -2.12. The van der Waals surface area contributed by atoms with Crippen LogP contribution < -0.4 is 0 Å². The van der Waals surface area contributed by atoms with E-state index >= 15 is 0 Å². The van der Waals surface area contributed by atoms with Crippen molar-refractivity contribution in [1.29, 1.82) is 0 Å². The fourth-order valence-electron chi connectivity index (χ4n) is 3.87. The zero-order chi connectivity index (χ0) is 19.6. The van der Waals surface area contributed by atoms with Gasteiger partial charge in [-0.05, 0) is 41.0 Å². The first kappa shape index (κ1) is 17.4. The molecule has 0 bridgehead atoms. The number of nitrogens with zero attached hydrogens (tertiary/aromatic N) is 1. The molecule has 0 saturated carbocycles. The van der Waals surface area contributed by atoms with Gasteiger partial charge in [-0.1, -0.05) is 103 Å². The molecule has 4 aromatic carbocycles. The van der Waals surface area contributed by atoms with Crippen LogP contribution in [0, 0.1) is 6.92 Å². The van der Waals surface area contributed by atoms with Gasteiger partial charge < -0.3 is 0 Å². The van der Waals surface area contributed by atoms with Crippen molar-refractivity contribution in [2.24, 2.45) is 0 Å². The van der Waals surface area contributed by atoms with Gasteiger partial charge in [-0.3, -0.25) is 0 Å². The van der Waals surface area contributed by atoms with Crippen LogP contribution in [0.15, 0.2) is 109 Å². The summed E-state index contributed by atoms with van der Waals surface area (Å²) in [7, 11) is 0. The molecular weight excluding hydrogens is 350 g/mol. The third kappa shape index (κ3) is 3.43. The van der Waals surface area contributed by atoms with Crippen molar-refractivity contribution in [3.63, 3.8) is 0 Å². The summed E-state index contributed by atoms with van der Waals surface area (Å²) in [4.78, 5) is 5.07. The van der Waals surface area contributed by atoms with E-state index in [1.807, 2.05) is 6.07 Å². The maximum absolute atomic E-state index is 5.07. The number of benzene rings is 4. The summed E-state index contributed by atoms with van der Waals surface area (Å²) < 4.78 is 0. The van der Waals surface area contributed by atoms with Gasteiger partial charge in [0.05, 0.1) is 11.4 Å². The number of fused-ring (bicyclic) bond motifs is 1. The number of rotatable bonds is 3. The fraction of sp³-hybridized carbons (Fsp3) is 0.0357. The minimum Gasteiger partial charge on any atom is -0.248 e. The maximum Gasteiger partial charge on any atom is 0.0721 e. The quantitative estimate of drug-likeness (QED) is 0.319. The molecule has 29 heavy (non-hydrogen) atoms. The molecule has 5 rings (SSSR count). The Labute approximate surface area is 171 Å². The highest BCUT2D eigenvalue weighted by Gasteiger charge is 2.11. The molecule has 0 aliphatic heterocycles. The number of hydrogen-bond donors (Lipinski definition) is 0. The predicted octanol–water partition coefficient (Wildman–Crippen LogP) is 7.54. The monoisotopic (exact) mass is 371 g/mol. The SMILES string of the molecule is Cc1cccc(-c2cc(-c3ccccc3)nc(-c3cccc4ccccc34)c2)c1. The molecule has 0 N–H and O–H groups in total. The Kier molecular flexibility index (Phi) is 4.42. The Morgan fingerprint density at radius 1 is 0.517 bits per heavy atom. The Balaban J connectivity index is 1.78. The number of aryl methyl sites for hydroxylation is 1. The van der Waals surface area contributed by atoms with Gasteiger partial charge in [0, 0.05) is 11.1 Å². The summed E-state index contributed by atoms with van der Waals surface area (Å²) in [5.41, 5.74) is 7.94. The first-order chi connectivity index (χ1) is 14.3. The highest BCUT2D eigenvalue weighted by atomic mass is 14.7. The molecule has 0 spiro atoms. The van der Waals surface area contributed by atoms with Crippen molar-refractivity contribution >= 4 is 10.8 Å². The Bertz CT molecular complexity index is 1300. The van der Waals surface area contributed by atoms with Crippen LogP contribution in [0.1, 0.15) is 5.56 Å². The van der Waals surface area contributed by atoms with Gasteiger partial charge in [0.2, 0.25) is 0 Å². The minimum absolute atomic E-state index is 0.993.